The molecule has 1 fully saturated rings. The third-order valence-corrected chi connectivity index (χ3v) is 2.27. The summed E-state index contributed by atoms with van der Waals surface area (Å²) in [7, 11) is 4.54. The number of likely N-dealkylation sites (N-methyl/N-ethyl adjacent to an activating group) is 1. The van der Waals surface area contributed by atoms with Crippen LogP contribution in [0.25, 0.3) is 0 Å². The van der Waals surface area contributed by atoms with E-state index in [1.165, 1.54) is 13.0 Å². The Morgan fingerprint density at radius 1 is 1.25 bits per heavy atom. The Balaban J connectivity index is 2.39. The molecule has 1 unspecified atom stereocenters. The largest absolute Gasteiger partial charge is 0.367 e. The van der Waals surface area contributed by atoms with Crippen LogP contribution in [0.4, 0.5) is 0 Å². The molecule has 0 N–H and O–H groups in total. The first-order valence-corrected chi connectivity index (χ1v) is 4.78. The van der Waals surface area contributed by atoms with Crippen LogP contribution in [0.15, 0.2) is 0 Å². The zero-order valence-electron chi connectivity index (χ0n) is 9.05. The van der Waals surface area contributed by atoms with Crippen LogP contribution < -0.4 is 0 Å². The van der Waals surface area contributed by atoms with Crippen LogP contribution in [-0.2, 0) is 4.74 Å². The van der Waals surface area contributed by atoms with Gasteiger partial charge in [0.1, 0.15) is 12.6 Å². The van der Waals surface area contributed by atoms with Gasteiger partial charge in [-0.25, -0.2) is 0 Å². The van der Waals surface area contributed by atoms with E-state index in [9.17, 15) is 0 Å². The van der Waals surface area contributed by atoms with Crippen molar-refractivity contribution >= 4 is 0 Å². The fourth-order valence-electron chi connectivity index (χ4n) is 1.82. The van der Waals surface area contributed by atoms with Gasteiger partial charge in [-0.05, 0) is 20.8 Å². The first-order chi connectivity index (χ1) is 5.29. The summed E-state index contributed by atoms with van der Waals surface area (Å²) in [6.07, 6.45) is 1.68. The van der Waals surface area contributed by atoms with Crippen LogP contribution in [0, 0.1) is 0 Å². The normalized spacial score (nSPS) is 29.2. The third-order valence-electron chi connectivity index (χ3n) is 2.27. The first-order valence-electron chi connectivity index (χ1n) is 4.78. The SMILES string of the molecule is CC(C)(C)OC1CC[N+](C)(C)C1. The van der Waals surface area contributed by atoms with Crippen LogP contribution in [0.5, 0.6) is 0 Å². The average molecular weight is 172 g/mol. The highest BCUT2D eigenvalue weighted by molar-refractivity contribution is 4.69. The van der Waals surface area contributed by atoms with Crippen molar-refractivity contribution in [2.45, 2.75) is 38.9 Å². The van der Waals surface area contributed by atoms with Gasteiger partial charge in [0, 0.05) is 6.42 Å². The number of quaternary nitrogens is 1. The molecule has 0 saturated carbocycles. The predicted octanol–water partition coefficient (Wildman–Crippen LogP) is 1.65. The molecule has 0 radical (unpaired) electrons. The Bertz CT molecular complexity index is 158. The zero-order chi connectivity index (χ0) is 9.41. The molecule has 0 aromatic carbocycles. The molecule has 1 rings (SSSR count). The highest BCUT2D eigenvalue weighted by Crippen LogP contribution is 2.21. The van der Waals surface area contributed by atoms with Gasteiger partial charge in [-0.2, -0.15) is 0 Å². The summed E-state index contributed by atoms with van der Waals surface area (Å²) < 4.78 is 7.03. The number of hydrogen-bond acceptors (Lipinski definition) is 1. The highest BCUT2D eigenvalue weighted by atomic mass is 16.5. The summed E-state index contributed by atoms with van der Waals surface area (Å²) >= 11 is 0. The van der Waals surface area contributed by atoms with Crippen molar-refractivity contribution in [3.63, 3.8) is 0 Å². The van der Waals surface area contributed by atoms with E-state index in [0.29, 0.717) is 6.10 Å². The Kier molecular flexibility index (Phi) is 2.50. The standard InChI is InChI=1S/C10H22NO/c1-10(2,3)12-9-6-7-11(4,5)8-9/h9H,6-8H2,1-5H3/q+1. The molecule has 0 spiro atoms. The molecule has 0 aliphatic carbocycles. The molecule has 72 valence electrons. The Morgan fingerprint density at radius 2 is 1.83 bits per heavy atom. The van der Waals surface area contributed by atoms with Crippen LogP contribution >= 0.6 is 0 Å². The number of rotatable bonds is 1. The van der Waals surface area contributed by atoms with Crippen molar-refractivity contribution in [2.24, 2.45) is 0 Å². The van der Waals surface area contributed by atoms with Gasteiger partial charge < -0.3 is 9.22 Å². The van der Waals surface area contributed by atoms with Crippen molar-refractivity contribution in [3.05, 3.63) is 0 Å². The van der Waals surface area contributed by atoms with E-state index < -0.39 is 0 Å². The van der Waals surface area contributed by atoms with E-state index in [1.54, 1.807) is 0 Å². The molecule has 2 nitrogen and oxygen atoms in total. The Labute approximate surface area is 76.1 Å². The van der Waals surface area contributed by atoms with Crippen molar-refractivity contribution in [1.82, 2.24) is 0 Å². The van der Waals surface area contributed by atoms with E-state index in [-0.39, 0.29) is 5.60 Å². The molecule has 1 aliphatic rings. The molecule has 1 heterocycles. The van der Waals surface area contributed by atoms with Gasteiger partial charge in [0.05, 0.1) is 26.2 Å². The topological polar surface area (TPSA) is 9.23 Å². The second kappa shape index (κ2) is 3.00. The quantitative estimate of drug-likeness (QED) is 0.546. The maximum absolute atomic E-state index is 5.92. The van der Waals surface area contributed by atoms with Gasteiger partial charge in [-0.1, -0.05) is 0 Å². The average Bonchev–Trinajstić information content (AvgIpc) is 2.05. The second-order valence-corrected chi connectivity index (χ2v) is 5.48. The molecule has 0 amide bonds. The van der Waals surface area contributed by atoms with E-state index in [2.05, 4.69) is 34.9 Å². The summed E-state index contributed by atoms with van der Waals surface area (Å²) in [5.41, 5.74) is 0.0228. The second-order valence-electron chi connectivity index (χ2n) is 5.48. The van der Waals surface area contributed by atoms with Crippen LogP contribution in [0.3, 0.4) is 0 Å². The molecule has 1 aliphatic heterocycles. The lowest BCUT2D eigenvalue weighted by Crippen LogP contribution is -2.39. The van der Waals surface area contributed by atoms with Crippen LogP contribution in [0.2, 0.25) is 0 Å². The Morgan fingerprint density at radius 3 is 2.17 bits per heavy atom. The predicted molar refractivity (Wildman–Crippen MR) is 51.1 cm³/mol. The molecular weight excluding hydrogens is 150 g/mol. The zero-order valence-corrected chi connectivity index (χ0v) is 9.05. The molecule has 0 aromatic heterocycles. The van der Waals surface area contributed by atoms with Crippen LogP contribution in [0.1, 0.15) is 27.2 Å². The molecular formula is C10H22NO+. The van der Waals surface area contributed by atoms with Gasteiger partial charge in [0.25, 0.3) is 0 Å². The van der Waals surface area contributed by atoms with Gasteiger partial charge >= 0.3 is 0 Å². The minimum atomic E-state index is 0.0228. The lowest BCUT2D eigenvalue weighted by molar-refractivity contribution is -0.879. The van der Waals surface area contributed by atoms with E-state index in [4.69, 9.17) is 4.74 Å². The fraction of sp³-hybridized carbons (Fsp3) is 1.00. The first kappa shape index (κ1) is 10.0. The number of ether oxygens (including phenoxy) is 1. The van der Waals surface area contributed by atoms with Gasteiger partial charge in [0.2, 0.25) is 0 Å². The molecule has 1 atom stereocenters. The fourth-order valence-corrected chi connectivity index (χ4v) is 1.82. The summed E-state index contributed by atoms with van der Waals surface area (Å²) in [6, 6.07) is 0. The summed E-state index contributed by atoms with van der Waals surface area (Å²) in [4.78, 5) is 0. The van der Waals surface area contributed by atoms with E-state index in [1.807, 2.05) is 0 Å². The molecule has 2 heteroatoms. The molecule has 0 bridgehead atoms. The van der Waals surface area contributed by atoms with Crippen molar-refractivity contribution in [1.29, 1.82) is 0 Å². The van der Waals surface area contributed by atoms with E-state index >= 15 is 0 Å². The van der Waals surface area contributed by atoms with Crippen molar-refractivity contribution in [2.75, 3.05) is 27.2 Å². The molecule has 0 aromatic rings. The highest BCUT2D eigenvalue weighted by Gasteiger charge is 2.33. The Hall–Kier alpha value is -0.0800. The summed E-state index contributed by atoms with van der Waals surface area (Å²) in [5.74, 6) is 0. The van der Waals surface area contributed by atoms with Crippen molar-refractivity contribution < 1.29 is 9.22 Å². The monoisotopic (exact) mass is 172 g/mol. The number of nitrogens with zero attached hydrogens (tertiary/aromatic N) is 1. The van der Waals surface area contributed by atoms with Crippen molar-refractivity contribution in [3.8, 4) is 0 Å². The smallest absolute Gasteiger partial charge is 0.112 e. The molecule has 1 saturated heterocycles. The summed E-state index contributed by atoms with van der Waals surface area (Å²) in [5, 5.41) is 0. The minimum Gasteiger partial charge on any atom is -0.367 e. The van der Waals surface area contributed by atoms with Gasteiger partial charge in [-0.3, -0.25) is 0 Å². The van der Waals surface area contributed by atoms with Gasteiger partial charge in [-0.15, -0.1) is 0 Å². The number of likely N-dealkylation sites (tertiary alicyclic amines) is 1. The van der Waals surface area contributed by atoms with E-state index in [0.717, 1.165) is 11.0 Å². The summed E-state index contributed by atoms with van der Waals surface area (Å²) in [6.45, 7) is 8.81. The minimum absolute atomic E-state index is 0.0228. The number of hydrogen-bond donors (Lipinski definition) is 0. The molecule has 12 heavy (non-hydrogen) atoms. The third kappa shape index (κ3) is 3.11. The lowest BCUT2D eigenvalue weighted by Gasteiger charge is -2.26. The van der Waals surface area contributed by atoms with Gasteiger partial charge in [0.15, 0.2) is 0 Å². The maximum atomic E-state index is 5.92. The van der Waals surface area contributed by atoms with Crippen LogP contribution in [-0.4, -0.2) is 43.4 Å². The maximum Gasteiger partial charge on any atom is 0.112 e. The lowest BCUT2D eigenvalue weighted by atomic mass is 10.2.